The molecule has 1 aliphatic carbocycles. The summed E-state index contributed by atoms with van der Waals surface area (Å²) in [5.41, 5.74) is 1.10. The van der Waals surface area contributed by atoms with Crippen LogP contribution in [0.25, 0.3) is 0 Å². The first kappa shape index (κ1) is 12.0. The van der Waals surface area contributed by atoms with Crippen LogP contribution < -0.4 is 0 Å². The fraction of sp³-hybridized carbons (Fsp3) is 0.846. The van der Waals surface area contributed by atoms with Crippen LogP contribution in [0.15, 0.2) is 12.2 Å². The van der Waals surface area contributed by atoms with E-state index in [4.69, 9.17) is 0 Å². The van der Waals surface area contributed by atoms with Crippen molar-refractivity contribution in [2.75, 3.05) is 0 Å². The third-order valence-corrected chi connectivity index (χ3v) is 10.2. The SMILES string of the molecule is CC[Si](C)(CC)C1CC/C=C\CCC1. The molecule has 0 saturated carbocycles. The molecule has 1 unspecified atom stereocenters. The predicted molar refractivity (Wildman–Crippen MR) is 68.6 cm³/mol. The van der Waals surface area contributed by atoms with E-state index in [-0.39, 0.29) is 0 Å². The molecule has 0 fully saturated rings. The lowest BCUT2D eigenvalue weighted by Crippen LogP contribution is -2.34. The van der Waals surface area contributed by atoms with Gasteiger partial charge in [-0.25, -0.2) is 0 Å². The molecular weight excluding hydrogens is 184 g/mol. The van der Waals surface area contributed by atoms with Gasteiger partial charge in [0.05, 0.1) is 8.07 Å². The molecule has 0 aromatic heterocycles. The number of allylic oxidation sites excluding steroid dienone is 2. The highest BCUT2D eigenvalue weighted by atomic mass is 28.3. The van der Waals surface area contributed by atoms with Crippen LogP contribution in [0.1, 0.15) is 46.0 Å². The second-order valence-electron chi connectivity index (χ2n) is 5.04. The van der Waals surface area contributed by atoms with E-state index in [9.17, 15) is 0 Å². The normalized spacial score (nSPS) is 26.6. The summed E-state index contributed by atoms with van der Waals surface area (Å²) in [5, 5.41) is 0. The first-order valence-electron chi connectivity index (χ1n) is 6.38. The molecule has 1 aliphatic rings. The summed E-state index contributed by atoms with van der Waals surface area (Å²) in [6, 6.07) is 2.97. The van der Waals surface area contributed by atoms with Gasteiger partial charge in [0.25, 0.3) is 0 Å². The van der Waals surface area contributed by atoms with Crippen molar-refractivity contribution >= 4 is 8.07 Å². The molecule has 0 N–H and O–H groups in total. The van der Waals surface area contributed by atoms with Gasteiger partial charge in [-0.3, -0.25) is 0 Å². The average Bonchev–Trinajstić information content (AvgIpc) is 2.16. The van der Waals surface area contributed by atoms with Gasteiger partial charge in [0.2, 0.25) is 0 Å². The molecule has 0 heterocycles. The molecule has 0 aromatic carbocycles. The Morgan fingerprint density at radius 1 is 1.07 bits per heavy atom. The Hall–Kier alpha value is -0.0431. The maximum Gasteiger partial charge on any atom is 0.0530 e. The highest BCUT2D eigenvalue weighted by molar-refractivity contribution is 6.79. The Kier molecular flexibility index (Phi) is 4.94. The molecule has 1 rings (SSSR count). The van der Waals surface area contributed by atoms with Crippen molar-refractivity contribution in [3.63, 3.8) is 0 Å². The minimum atomic E-state index is -0.885. The molecular formula is C13H26Si. The zero-order valence-electron chi connectivity index (χ0n) is 10.2. The fourth-order valence-corrected chi connectivity index (χ4v) is 6.10. The third kappa shape index (κ3) is 2.98. The summed E-state index contributed by atoms with van der Waals surface area (Å²) in [4.78, 5) is 0. The fourth-order valence-electron chi connectivity index (χ4n) is 2.68. The van der Waals surface area contributed by atoms with Gasteiger partial charge < -0.3 is 0 Å². The Morgan fingerprint density at radius 2 is 1.71 bits per heavy atom. The molecule has 82 valence electrons. The Bertz CT molecular complexity index is 180. The second-order valence-corrected chi connectivity index (χ2v) is 10.6. The lowest BCUT2D eigenvalue weighted by Gasteiger charge is -2.35. The van der Waals surface area contributed by atoms with E-state index < -0.39 is 8.07 Å². The van der Waals surface area contributed by atoms with Crippen LogP contribution in [-0.4, -0.2) is 8.07 Å². The van der Waals surface area contributed by atoms with E-state index in [1.165, 1.54) is 44.2 Å². The molecule has 0 nitrogen and oxygen atoms in total. The average molecular weight is 210 g/mol. The molecule has 0 amide bonds. The molecule has 1 atom stereocenters. The minimum absolute atomic E-state index is 0.885. The van der Waals surface area contributed by atoms with Gasteiger partial charge in [-0.05, 0) is 31.2 Å². The number of hydrogen-bond acceptors (Lipinski definition) is 0. The molecule has 0 bridgehead atoms. The Morgan fingerprint density at radius 3 is 2.36 bits per heavy atom. The lowest BCUT2D eigenvalue weighted by atomic mass is 10.1. The van der Waals surface area contributed by atoms with Crippen LogP contribution in [0, 0.1) is 0 Å². The van der Waals surface area contributed by atoms with E-state index in [0.717, 1.165) is 5.54 Å². The van der Waals surface area contributed by atoms with Gasteiger partial charge in [0.15, 0.2) is 0 Å². The maximum atomic E-state index is 2.63. The standard InChI is InChI=1S/C13H26Si/c1-4-14(3,5-2)13-11-9-7-6-8-10-12-13/h6-7,13H,4-5,8-12H2,1-3H3/b7-6-. The molecule has 0 radical (unpaired) electrons. The van der Waals surface area contributed by atoms with Crippen molar-refractivity contribution in [3.05, 3.63) is 12.2 Å². The van der Waals surface area contributed by atoms with Crippen molar-refractivity contribution in [2.24, 2.45) is 0 Å². The van der Waals surface area contributed by atoms with E-state index >= 15 is 0 Å². The second kappa shape index (κ2) is 5.74. The van der Waals surface area contributed by atoms with Gasteiger partial charge in [-0.2, -0.15) is 0 Å². The van der Waals surface area contributed by atoms with Gasteiger partial charge in [0, 0.05) is 0 Å². The van der Waals surface area contributed by atoms with Crippen LogP contribution in [0.3, 0.4) is 0 Å². The molecule has 0 aliphatic heterocycles. The first-order valence-corrected chi connectivity index (χ1v) is 9.37. The van der Waals surface area contributed by atoms with Crippen LogP contribution in [0.2, 0.25) is 24.2 Å². The topological polar surface area (TPSA) is 0 Å². The summed E-state index contributed by atoms with van der Waals surface area (Å²) < 4.78 is 0. The highest BCUT2D eigenvalue weighted by Gasteiger charge is 2.31. The summed E-state index contributed by atoms with van der Waals surface area (Å²) >= 11 is 0. The van der Waals surface area contributed by atoms with Gasteiger partial charge in [0.1, 0.15) is 0 Å². The van der Waals surface area contributed by atoms with E-state index in [1.54, 1.807) is 0 Å². The van der Waals surface area contributed by atoms with Crippen molar-refractivity contribution in [3.8, 4) is 0 Å². The largest absolute Gasteiger partial charge is 0.0885 e. The van der Waals surface area contributed by atoms with Crippen molar-refractivity contribution < 1.29 is 0 Å². The summed E-state index contributed by atoms with van der Waals surface area (Å²) in [6.07, 6.45) is 11.9. The molecule has 14 heavy (non-hydrogen) atoms. The van der Waals surface area contributed by atoms with Crippen LogP contribution in [-0.2, 0) is 0 Å². The van der Waals surface area contributed by atoms with E-state index in [1.807, 2.05) is 0 Å². The zero-order chi connectivity index (χ0) is 10.4. The van der Waals surface area contributed by atoms with Gasteiger partial charge in [-0.15, -0.1) is 0 Å². The monoisotopic (exact) mass is 210 g/mol. The van der Waals surface area contributed by atoms with Gasteiger partial charge >= 0.3 is 0 Å². The van der Waals surface area contributed by atoms with Crippen molar-refractivity contribution in [2.45, 2.75) is 70.1 Å². The van der Waals surface area contributed by atoms with Crippen LogP contribution >= 0.6 is 0 Å². The third-order valence-electron chi connectivity index (χ3n) is 4.37. The number of rotatable bonds is 3. The summed E-state index contributed by atoms with van der Waals surface area (Å²) in [6.45, 7) is 7.47. The van der Waals surface area contributed by atoms with Crippen molar-refractivity contribution in [1.29, 1.82) is 0 Å². The summed E-state index contributed by atoms with van der Waals surface area (Å²) in [7, 11) is -0.885. The van der Waals surface area contributed by atoms with E-state index in [2.05, 4.69) is 32.5 Å². The minimum Gasteiger partial charge on any atom is -0.0885 e. The highest BCUT2D eigenvalue weighted by Crippen LogP contribution is 2.38. The van der Waals surface area contributed by atoms with Crippen LogP contribution in [0.5, 0.6) is 0 Å². The Labute approximate surface area is 90.8 Å². The van der Waals surface area contributed by atoms with Gasteiger partial charge in [-0.1, -0.05) is 51.1 Å². The molecule has 0 saturated heterocycles. The quantitative estimate of drug-likeness (QED) is 0.454. The molecule has 1 heteroatoms. The van der Waals surface area contributed by atoms with Crippen LogP contribution in [0.4, 0.5) is 0 Å². The predicted octanol–water partition coefficient (Wildman–Crippen LogP) is 5.00. The smallest absolute Gasteiger partial charge is 0.0530 e. The molecule has 0 spiro atoms. The number of hydrogen-bond donors (Lipinski definition) is 0. The summed E-state index contributed by atoms with van der Waals surface area (Å²) in [5.74, 6) is 0. The van der Waals surface area contributed by atoms with E-state index in [0.29, 0.717) is 0 Å². The van der Waals surface area contributed by atoms with Crippen molar-refractivity contribution in [1.82, 2.24) is 0 Å². The zero-order valence-corrected chi connectivity index (χ0v) is 11.2. The lowest BCUT2D eigenvalue weighted by molar-refractivity contribution is 0.613. The first-order chi connectivity index (χ1) is 6.73. The Balaban J connectivity index is 2.59. The maximum absolute atomic E-state index is 2.63. The molecule has 0 aromatic rings.